The lowest BCUT2D eigenvalue weighted by molar-refractivity contribution is 0.247. The number of nitrogens with one attached hydrogen (secondary N) is 2. The van der Waals surface area contributed by atoms with E-state index in [4.69, 9.17) is 0 Å². The van der Waals surface area contributed by atoms with Crippen molar-refractivity contribution in [2.75, 3.05) is 12.3 Å². The molecule has 0 saturated carbocycles. The summed E-state index contributed by atoms with van der Waals surface area (Å²) in [4.78, 5) is 10.9. The Balaban J connectivity index is 3.02. The summed E-state index contributed by atoms with van der Waals surface area (Å²) in [5.41, 5.74) is 0. The Labute approximate surface area is 85.2 Å². The Kier molecular flexibility index (Phi) is 9.42. The number of hydrogen-bond acceptors (Lipinski definition) is 2. The van der Waals surface area contributed by atoms with E-state index < -0.39 is 0 Å². The second-order valence-electron chi connectivity index (χ2n) is 2.87. The van der Waals surface area contributed by atoms with Crippen molar-refractivity contribution in [2.45, 2.75) is 39.5 Å². The van der Waals surface area contributed by atoms with Gasteiger partial charge in [-0.1, -0.05) is 26.2 Å². The Morgan fingerprint density at radius 2 is 2.00 bits per heavy atom. The van der Waals surface area contributed by atoms with Gasteiger partial charge in [0.1, 0.15) is 0 Å². The molecule has 0 fully saturated rings. The normalized spacial score (nSPS) is 9.69. The van der Waals surface area contributed by atoms with Crippen LogP contribution in [0.5, 0.6) is 0 Å². The van der Waals surface area contributed by atoms with Gasteiger partial charge in [-0.2, -0.15) is 0 Å². The van der Waals surface area contributed by atoms with Gasteiger partial charge in [0.25, 0.3) is 0 Å². The van der Waals surface area contributed by atoms with E-state index in [-0.39, 0.29) is 6.03 Å². The molecule has 0 aliphatic heterocycles. The molecule has 2 amide bonds. The van der Waals surface area contributed by atoms with Crippen LogP contribution in [0.4, 0.5) is 4.79 Å². The van der Waals surface area contributed by atoms with Gasteiger partial charge in [0.05, 0.1) is 0 Å². The van der Waals surface area contributed by atoms with Crippen LogP contribution in [0.15, 0.2) is 0 Å². The van der Waals surface area contributed by atoms with Crippen molar-refractivity contribution in [3.8, 4) is 0 Å². The van der Waals surface area contributed by atoms with Gasteiger partial charge in [-0.25, -0.2) is 4.79 Å². The molecule has 4 heteroatoms. The van der Waals surface area contributed by atoms with Gasteiger partial charge in [0, 0.05) is 12.3 Å². The average Bonchev–Trinajstić information content (AvgIpc) is 2.11. The quantitative estimate of drug-likeness (QED) is 0.494. The predicted molar refractivity (Wildman–Crippen MR) is 58.8 cm³/mol. The van der Waals surface area contributed by atoms with Crippen LogP contribution >= 0.6 is 11.9 Å². The largest absolute Gasteiger partial charge is 0.338 e. The molecule has 0 radical (unpaired) electrons. The number of hydrogen-bond donors (Lipinski definition) is 2. The van der Waals surface area contributed by atoms with E-state index in [1.807, 2.05) is 6.92 Å². The summed E-state index contributed by atoms with van der Waals surface area (Å²) in [5, 5.41) is 2.68. The van der Waals surface area contributed by atoms with Crippen molar-refractivity contribution >= 4 is 18.0 Å². The summed E-state index contributed by atoms with van der Waals surface area (Å²) >= 11 is 1.49. The SMILES string of the molecule is CCCCCCSNC(=O)NCC. The van der Waals surface area contributed by atoms with Crippen LogP contribution in [-0.4, -0.2) is 18.3 Å². The molecule has 0 unspecified atom stereocenters. The molecule has 13 heavy (non-hydrogen) atoms. The van der Waals surface area contributed by atoms with Gasteiger partial charge in [0.2, 0.25) is 0 Å². The van der Waals surface area contributed by atoms with Crippen LogP contribution < -0.4 is 10.0 Å². The molecule has 0 heterocycles. The molecule has 0 spiro atoms. The summed E-state index contributed by atoms with van der Waals surface area (Å²) < 4.78 is 2.73. The van der Waals surface area contributed by atoms with Gasteiger partial charge in [-0.15, -0.1) is 0 Å². The summed E-state index contributed by atoms with van der Waals surface area (Å²) in [6, 6.07) is -0.0806. The minimum Gasteiger partial charge on any atom is -0.338 e. The van der Waals surface area contributed by atoms with E-state index >= 15 is 0 Å². The fourth-order valence-corrected chi connectivity index (χ4v) is 1.57. The zero-order chi connectivity index (χ0) is 9.94. The Hall–Kier alpha value is -0.380. The maximum absolute atomic E-state index is 10.9. The highest BCUT2D eigenvalue weighted by atomic mass is 32.2. The van der Waals surface area contributed by atoms with E-state index in [1.54, 1.807) is 0 Å². The number of urea groups is 1. The third-order valence-electron chi connectivity index (χ3n) is 1.60. The van der Waals surface area contributed by atoms with E-state index in [9.17, 15) is 4.79 Å². The smallest absolute Gasteiger partial charge is 0.324 e. The first-order chi connectivity index (χ1) is 6.31. The molecule has 0 aliphatic carbocycles. The van der Waals surface area contributed by atoms with Crippen molar-refractivity contribution in [3.63, 3.8) is 0 Å². The molecular formula is C9H20N2OS. The topological polar surface area (TPSA) is 41.1 Å². The van der Waals surface area contributed by atoms with E-state index in [0.717, 1.165) is 5.75 Å². The van der Waals surface area contributed by atoms with Gasteiger partial charge in [0.15, 0.2) is 0 Å². The molecule has 3 nitrogen and oxygen atoms in total. The summed E-state index contributed by atoms with van der Waals surface area (Å²) in [7, 11) is 0. The lowest BCUT2D eigenvalue weighted by Gasteiger charge is -2.03. The molecule has 0 aromatic rings. The molecule has 0 saturated heterocycles. The molecule has 0 aromatic heterocycles. The summed E-state index contributed by atoms with van der Waals surface area (Å²) in [6.07, 6.45) is 5.00. The van der Waals surface area contributed by atoms with Crippen molar-refractivity contribution in [2.24, 2.45) is 0 Å². The second kappa shape index (κ2) is 9.71. The minimum atomic E-state index is -0.0806. The summed E-state index contributed by atoms with van der Waals surface area (Å²) in [6.45, 7) is 4.79. The fraction of sp³-hybridized carbons (Fsp3) is 0.889. The Morgan fingerprint density at radius 3 is 2.62 bits per heavy atom. The molecular weight excluding hydrogens is 184 g/mol. The highest BCUT2D eigenvalue weighted by Gasteiger charge is 1.96. The second-order valence-corrected chi connectivity index (χ2v) is 3.77. The Morgan fingerprint density at radius 1 is 1.23 bits per heavy atom. The number of carbonyl (C=O) groups excluding carboxylic acids is 1. The predicted octanol–water partition coefficient (Wildman–Crippen LogP) is 2.53. The molecule has 78 valence electrons. The van der Waals surface area contributed by atoms with E-state index in [1.165, 1.54) is 37.6 Å². The number of unbranched alkanes of at least 4 members (excludes halogenated alkanes) is 3. The highest BCUT2D eigenvalue weighted by Crippen LogP contribution is 2.03. The third kappa shape index (κ3) is 9.53. The molecule has 0 aromatic carbocycles. The van der Waals surface area contributed by atoms with E-state index in [2.05, 4.69) is 17.0 Å². The maximum atomic E-state index is 10.9. The van der Waals surface area contributed by atoms with Gasteiger partial charge < -0.3 is 5.32 Å². The number of amides is 2. The standard InChI is InChI=1S/C9H20N2OS/c1-3-5-6-7-8-13-11-9(12)10-4-2/h3-8H2,1-2H3,(H2,10,11,12). The molecule has 0 bridgehead atoms. The number of carbonyl (C=O) groups is 1. The zero-order valence-corrected chi connectivity index (χ0v) is 9.38. The van der Waals surface area contributed by atoms with Crippen molar-refractivity contribution < 1.29 is 4.79 Å². The first-order valence-electron chi connectivity index (χ1n) is 4.96. The van der Waals surface area contributed by atoms with Gasteiger partial charge >= 0.3 is 6.03 Å². The van der Waals surface area contributed by atoms with Crippen LogP contribution in [0.1, 0.15) is 39.5 Å². The Bertz CT molecular complexity index is 131. The molecule has 0 atom stereocenters. The van der Waals surface area contributed by atoms with Crippen molar-refractivity contribution in [3.05, 3.63) is 0 Å². The van der Waals surface area contributed by atoms with Crippen LogP contribution in [0.3, 0.4) is 0 Å². The number of rotatable bonds is 7. The monoisotopic (exact) mass is 204 g/mol. The minimum absolute atomic E-state index is 0.0806. The van der Waals surface area contributed by atoms with Gasteiger partial charge in [-0.3, -0.25) is 4.72 Å². The van der Waals surface area contributed by atoms with Crippen molar-refractivity contribution in [1.29, 1.82) is 0 Å². The first-order valence-corrected chi connectivity index (χ1v) is 5.95. The van der Waals surface area contributed by atoms with Gasteiger partial charge in [-0.05, 0) is 25.3 Å². The van der Waals surface area contributed by atoms with Crippen LogP contribution in [0.2, 0.25) is 0 Å². The van der Waals surface area contributed by atoms with Crippen LogP contribution in [0, 0.1) is 0 Å². The highest BCUT2D eigenvalue weighted by molar-refractivity contribution is 7.97. The van der Waals surface area contributed by atoms with E-state index in [0.29, 0.717) is 6.54 Å². The van der Waals surface area contributed by atoms with Crippen molar-refractivity contribution in [1.82, 2.24) is 10.0 Å². The zero-order valence-electron chi connectivity index (χ0n) is 8.56. The van der Waals surface area contributed by atoms with Crippen LogP contribution in [0.25, 0.3) is 0 Å². The summed E-state index contributed by atoms with van der Waals surface area (Å²) in [5.74, 6) is 1.01. The van der Waals surface area contributed by atoms with Crippen LogP contribution in [-0.2, 0) is 0 Å². The lowest BCUT2D eigenvalue weighted by Crippen LogP contribution is -2.31. The first kappa shape index (κ1) is 12.6. The maximum Gasteiger partial charge on any atom is 0.324 e. The molecule has 0 rings (SSSR count). The third-order valence-corrected chi connectivity index (χ3v) is 2.42. The fourth-order valence-electron chi connectivity index (χ4n) is 0.914. The average molecular weight is 204 g/mol. The lowest BCUT2D eigenvalue weighted by atomic mass is 10.2. The molecule has 2 N–H and O–H groups in total. The molecule has 0 aliphatic rings.